The number of fused-ring (bicyclic) bond motifs is 1. The van der Waals surface area contributed by atoms with Gasteiger partial charge in [0.1, 0.15) is 11.6 Å². The molecule has 0 unspecified atom stereocenters. The number of carbonyl (C=O) groups excluding carboxylic acids is 2. The maximum absolute atomic E-state index is 12.8. The molecule has 0 bridgehead atoms. The van der Waals surface area contributed by atoms with Crippen LogP contribution < -0.4 is 15.4 Å². The molecule has 0 saturated carbocycles. The van der Waals surface area contributed by atoms with Gasteiger partial charge in [0.25, 0.3) is 11.8 Å². The van der Waals surface area contributed by atoms with E-state index in [1.165, 1.54) is 24.3 Å². The van der Waals surface area contributed by atoms with Crippen LogP contribution in [0.5, 0.6) is 5.75 Å². The Hall–Kier alpha value is -2.89. The summed E-state index contributed by atoms with van der Waals surface area (Å²) in [5, 5.41) is 5.26. The molecule has 2 aromatic carbocycles. The minimum absolute atomic E-state index is 0.0734. The molecule has 0 aromatic heterocycles. The van der Waals surface area contributed by atoms with Gasteiger partial charge < -0.3 is 15.4 Å². The third-order valence-corrected chi connectivity index (χ3v) is 3.00. The minimum Gasteiger partial charge on any atom is -0.482 e. The van der Waals surface area contributed by atoms with E-state index >= 15 is 0 Å². The van der Waals surface area contributed by atoms with Crippen molar-refractivity contribution in [2.24, 2.45) is 0 Å². The number of rotatable bonds is 2. The van der Waals surface area contributed by atoms with Gasteiger partial charge in [0, 0.05) is 5.69 Å². The van der Waals surface area contributed by atoms with E-state index in [-0.39, 0.29) is 23.9 Å². The van der Waals surface area contributed by atoms with E-state index in [1.54, 1.807) is 18.2 Å². The fourth-order valence-electron chi connectivity index (χ4n) is 2.02. The lowest BCUT2D eigenvalue weighted by atomic mass is 10.1. The third-order valence-electron chi connectivity index (χ3n) is 3.00. The molecule has 0 fully saturated rings. The van der Waals surface area contributed by atoms with Crippen molar-refractivity contribution in [1.82, 2.24) is 0 Å². The average molecular weight is 286 g/mol. The van der Waals surface area contributed by atoms with E-state index in [0.29, 0.717) is 17.1 Å². The fraction of sp³-hybridized carbons (Fsp3) is 0.0667. The number of anilines is 2. The highest BCUT2D eigenvalue weighted by Crippen LogP contribution is 2.31. The largest absolute Gasteiger partial charge is 0.482 e. The SMILES string of the molecule is O=C1COc2cccc(C(=O)Nc3ccc(F)cc3)c2N1. The molecule has 2 amide bonds. The zero-order valence-corrected chi connectivity index (χ0v) is 10.9. The van der Waals surface area contributed by atoms with Crippen LogP contribution in [0.4, 0.5) is 15.8 Å². The number of hydrogen-bond acceptors (Lipinski definition) is 3. The van der Waals surface area contributed by atoms with Gasteiger partial charge in [0.2, 0.25) is 0 Å². The topological polar surface area (TPSA) is 67.4 Å². The third kappa shape index (κ3) is 2.69. The number of nitrogens with one attached hydrogen (secondary N) is 2. The monoisotopic (exact) mass is 286 g/mol. The Labute approximate surface area is 119 Å². The van der Waals surface area contributed by atoms with Gasteiger partial charge in [-0.25, -0.2) is 4.39 Å². The van der Waals surface area contributed by atoms with Crippen LogP contribution in [0, 0.1) is 5.82 Å². The first-order valence-electron chi connectivity index (χ1n) is 6.26. The first-order chi connectivity index (χ1) is 10.1. The number of halogens is 1. The Morgan fingerprint density at radius 1 is 1.19 bits per heavy atom. The lowest BCUT2D eigenvalue weighted by molar-refractivity contribution is -0.118. The van der Waals surface area contributed by atoms with Gasteiger partial charge in [-0.15, -0.1) is 0 Å². The molecule has 0 radical (unpaired) electrons. The number of hydrogen-bond donors (Lipinski definition) is 2. The van der Waals surface area contributed by atoms with Crippen molar-refractivity contribution in [2.45, 2.75) is 0 Å². The lowest BCUT2D eigenvalue weighted by Crippen LogP contribution is -2.27. The van der Waals surface area contributed by atoms with Crippen molar-refractivity contribution in [2.75, 3.05) is 17.2 Å². The van der Waals surface area contributed by atoms with Gasteiger partial charge in [0.05, 0.1) is 11.3 Å². The predicted molar refractivity (Wildman–Crippen MR) is 74.9 cm³/mol. The van der Waals surface area contributed by atoms with Crippen molar-refractivity contribution in [3.05, 3.63) is 53.8 Å². The van der Waals surface area contributed by atoms with Crippen LogP contribution in [-0.4, -0.2) is 18.4 Å². The van der Waals surface area contributed by atoms with Crippen LogP contribution in [0.2, 0.25) is 0 Å². The van der Waals surface area contributed by atoms with Crippen molar-refractivity contribution >= 4 is 23.2 Å². The van der Waals surface area contributed by atoms with E-state index in [0.717, 1.165) is 0 Å². The molecule has 0 spiro atoms. The van der Waals surface area contributed by atoms with Crippen LogP contribution in [0.15, 0.2) is 42.5 Å². The Morgan fingerprint density at radius 3 is 2.71 bits per heavy atom. The van der Waals surface area contributed by atoms with Gasteiger partial charge >= 0.3 is 0 Å². The first kappa shape index (κ1) is 13.1. The zero-order chi connectivity index (χ0) is 14.8. The molecule has 6 heteroatoms. The molecule has 106 valence electrons. The molecule has 0 saturated heterocycles. The maximum atomic E-state index is 12.8. The fourth-order valence-corrected chi connectivity index (χ4v) is 2.02. The average Bonchev–Trinajstić information content (AvgIpc) is 2.49. The van der Waals surface area contributed by atoms with Gasteiger partial charge in [-0.3, -0.25) is 9.59 Å². The summed E-state index contributed by atoms with van der Waals surface area (Å²) in [6, 6.07) is 10.3. The Kier molecular flexibility index (Phi) is 3.27. The highest BCUT2D eigenvalue weighted by atomic mass is 19.1. The minimum atomic E-state index is -0.413. The van der Waals surface area contributed by atoms with E-state index in [1.807, 2.05) is 0 Å². The van der Waals surface area contributed by atoms with E-state index in [9.17, 15) is 14.0 Å². The van der Waals surface area contributed by atoms with Crippen LogP contribution in [0.1, 0.15) is 10.4 Å². The highest BCUT2D eigenvalue weighted by Gasteiger charge is 2.22. The molecule has 5 nitrogen and oxygen atoms in total. The van der Waals surface area contributed by atoms with Crippen LogP contribution in [0.3, 0.4) is 0 Å². The molecule has 1 aliphatic rings. The molecule has 2 N–H and O–H groups in total. The number of para-hydroxylation sites is 1. The molecular formula is C15H11FN2O3. The number of amides is 2. The van der Waals surface area contributed by atoms with E-state index in [4.69, 9.17) is 4.74 Å². The van der Waals surface area contributed by atoms with E-state index in [2.05, 4.69) is 10.6 Å². The second kappa shape index (κ2) is 5.24. The molecule has 2 aromatic rings. The molecule has 21 heavy (non-hydrogen) atoms. The van der Waals surface area contributed by atoms with Crippen molar-refractivity contribution in [1.29, 1.82) is 0 Å². The number of benzene rings is 2. The standard InChI is InChI=1S/C15H11FN2O3/c16-9-4-6-10(7-5-9)17-15(20)11-2-1-3-12-14(11)18-13(19)8-21-12/h1-7H,8H2,(H,17,20)(H,18,19). The highest BCUT2D eigenvalue weighted by molar-refractivity contribution is 6.11. The summed E-state index contributed by atoms with van der Waals surface area (Å²) in [7, 11) is 0. The lowest BCUT2D eigenvalue weighted by Gasteiger charge is -2.20. The van der Waals surface area contributed by atoms with Crippen molar-refractivity contribution in [3.63, 3.8) is 0 Å². The Morgan fingerprint density at radius 2 is 1.95 bits per heavy atom. The number of carbonyl (C=O) groups is 2. The molecule has 0 aliphatic carbocycles. The first-order valence-corrected chi connectivity index (χ1v) is 6.26. The van der Waals surface area contributed by atoms with Crippen LogP contribution >= 0.6 is 0 Å². The second-order valence-corrected chi connectivity index (χ2v) is 4.48. The summed E-state index contributed by atoms with van der Waals surface area (Å²) in [4.78, 5) is 23.7. The molecule has 1 heterocycles. The second-order valence-electron chi connectivity index (χ2n) is 4.48. The summed E-state index contributed by atoms with van der Waals surface area (Å²) in [5.41, 5.74) is 1.08. The van der Waals surface area contributed by atoms with Crippen LogP contribution in [0.25, 0.3) is 0 Å². The van der Waals surface area contributed by atoms with Crippen molar-refractivity contribution in [3.8, 4) is 5.75 Å². The Balaban J connectivity index is 1.88. The van der Waals surface area contributed by atoms with Gasteiger partial charge in [0.15, 0.2) is 6.61 Å². The van der Waals surface area contributed by atoms with Crippen molar-refractivity contribution < 1.29 is 18.7 Å². The smallest absolute Gasteiger partial charge is 0.262 e. The summed E-state index contributed by atoms with van der Waals surface area (Å²) < 4.78 is 18.1. The molecular weight excluding hydrogens is 275 g/mol. The van der Waals surface area contributed by atoms with Gasteiger partial charge in [-0.1, -0.05) is 6.07 Å². The number of ether oxygens (including phenoxy) is 1. The summed E-state index contributed by atoms with van der Waals surface area (Å²) in [6.45, 7) is -0.0734. The molecule has 1 aliphatic heterocycles. The summed E-state index contributed by atoms with van der Waals surface area (Å²) in [5.74, 6) is -0.666. The summed E-state index contributed by atoms with van der Waals surface area (Å²) >= 11 is 0. The van der Waals surface area contributed by atoms with E-state index < -0.39 is 5.91 Å². The van der Waals surface area contributed by atoms with Gasteiger partial charge in [-0.05, 0) is 36.4 Å². The molecule has 0 atom stereocenters. The summed E-state index contributed by atoms with van der Waals surface area (Å²) in [6.07, 6.45) is 0. The Bertz CT molecular complexity index is 713. The zero-order valence-electron chi connectivity index (χ0n) is 10.9. The van der Waals surface area contributed by atoms with Crippen LogP contribution in [-0.2, 0) is 4.79 Å². The van der Waals surface area contributed by atoms with Gasteiger partial charge in [-0.2, -0.15) is 0 Å². The maximum Gasteiger partial charge on any atom is 0.262 e. The quantitative estimate of drug-likeness (QED) is 0.891. The predicted octanol–water partition coefficient (Wildman–Crippen LogP) is 2.41. The molecule has 3 rings (SSSR count). The normalized spacial score (nSPS) is 12.9.